The van der Waals surface area contributed by atoms with Gasteiger partial charge in [-0.15, -0.1) is 0 Å². The number of nitrogens with zero attached hydrogens (tertiary/aromatic N) is 1. The molecule has 1 fully saturated rings. The van der Waals surface area contributed by atoms with Crippen LogP contribution in [0.15, 0.2) is 23.8 Å². The van der Waals surface area contributed by atoms with Crippen LogP contribution in [0.25, 0.3) is 6.08 Å². The maximum absolute atomic E-state index is 11.8. The van der Waals surface area contributed by atoms with Crippen molar-refractivity contribution in [3.63, 3.8) is 0 Å². The fourth-order valence-corrected chi connectivity index (χ4v) is 1.72. The highest BCUT2D eigenvalue weighted by atomic mass is 35.5. The number of amides is 4. The van der Waals surface area contributed by atoms with Gasteiger partial charge in [-0.3, -0.25) is 19.8 Å². The van der Waals surface area contributed by atoms with Crippen LogP contribution in [0.3, 0.4) is 0 Å². The van der Waals surface area contributed by atoms with Crippen molar-refractivity contribution in [1.29, 1.82) is 0 Å². The Morgan fingerprint density at radius 3 is 2.68 bits per heavy atom. The Morgan fingerprint density at radius 2 is 2.00 bits per heavy atom. The van der Waals surface area contributed by atoms with E-state index >= 15 is 0 Å². The minimum Gasteiger partial charge on any atom is -0.507 e. The van der Waals surface area contributed by atoms with Crippen LogP contribution in [0.2, 0.25) is 5.02 Å². The van der Waals surface area contributed by atoms with Crippen LogP contribution in [0.5, 0.6) is 5.75 Å². The fourth-order valence-electron chi connectivity index (χ4n) is 1.54. The molecule has 1 heterocycles. The summed E-state index contributed by atoms with van der Waals surface area (Å²) >= 11 is 5.77. The first-order chi connectivity index (χ1) is 8.90. The third kappa shape index (κ3) is 2.43. The normalized spacial score (nSPS) is 17.9. The summed E-state index contributed by atoms with van der Waals surface area (Å²) in [5.74, 6) is -1.68. The molecule has 1 aromatic rings. The lowest BCUT2D eigenvalue weighted by molar-refractivity contribution is -0.129. The van der Waals surface area contributed by atoms with Gasteiger partial charge in [0.15, 0.2) is 0 Å². The van der Waals surface area contributed by atoms with E-state index in [1.54, 1.807) is 0 Å². The van der Waals surface area contributed by atoms with E-state index in [1.807, 2.05) is 5.32 Å². The standard InChI is InChI=1S/C12H9ClN2O4/c1-15-11(18)8(10(17)14-12(15)19)5-6-4-7(13)2-3-9(6)16/h2-5,16H,1H3,(H,14,17,19)/b8-5-. The van der Waals surface area contributed by atoms with Gasteiger partial charge >= 0.3 is 6.03 Å². The Balaban J connectivity index is 2.47. The Kier molecular flexibility index (Phi) is 3.26. The highest BCUT2D eigenvalue weighted by Crippen LogP contribution is 2.24. The lowest BCUT2D eigenvalue weighted by Gasteiger charge is -2.22. The summed E-state index contributed by atoms with van der Waals surface area (Å²) in [4.78, 5) is 35.4. The number of rotatable bonds is 1. The molecule has 7 heteroatoms. The van der Waals surface area contributed by atoms with Crippen molar-refractivity contribution in [3.8, 4) is 5.75 Å². The van der Waals surface area contributed by atoms with E-state index in [9.17, 15) is 19.5 Å². The number of phenolic OH excluding ortho intramolecular Hbond substituents is 1. The Labute approximate surface area is 113 Å². The second kappa shape index (κ2) is 4.74. The summed E-state index contributed by atoms with van der Waals surface area (Å²) in [6.07, 6.45) is 1.18. The molecule has 19 heavy (non-hydrogen) atoms. The van der Waals surface area contributed by atoms with Gasteiger partial charge in [0.1, 0.15) is 11.3 Å². The van der Waals surface area contributed by atoms with Gasteiger partial charge in [0, 0.05) is 17.6 Å². The van der Waals surface area contributed by atoms with Crippen LogP contribution in [-0.2, 0) is 9.59 Å². The molecule has 0 atom stereocenters. The largest absolute Gasteiger partial charge is 0.507 e. The van der Waals surface area contributed by atoms with E-state index in [4.69, 9.17) is 11.6 Å². The lowest BCUT2D eigenvalue weighted by atomic mass is 10.1. The molecule has 0 bridgehead atoms. The van der Waals surface area contributed by atoms with Crippen LogP contribution in [-0.4, -0.2) is 34.9 Å². The minimum absolute atomic E-state index is 0.128. The van der Waals surface area contributed by atoms with Crippen LogP contribution in [0.4, 0.5) is 4.79 Å². The molecule has 1 aliphatic rings. The number of phenols is 1. The highest BCUT2D eigenvalue weighted by molar-refractivity contribution is 6.32. The Hall–Kier alpha value is -2.34. The second-order valence-electron chi connectivity index (χ2n) is 3.88. The van der Waals surface area contributed by atoms with Crippen molar-refractivity contribution in [2.75, 3.05) is 7.05 Å². The molecule has 1 aromatic carbocycles. The van der Waals surface area contributed by atoms with Gasteiger partial charge in [-0.1, -0.05) is 11.6 Å². The number of aromatic hydroxyl groups is 1. The second-order valence-corrected chi connectivity index (χ2v) is 4.32. The van der Waals surface area contributed by atoms with Crippen molar-refractivity contribution in [3.05, 3.63) is 34.4 Å². The molecule has 0 radical (unpaired) electrons. The van der Waals surface area contributed by atoms with Crippen molar-refractivity contribution >= 4 is 35.5 Å². The first-order valence-electron chi connectivity index (χ1n) is 5.23. The van der Waals surface area contributed by atoms with E-state index in [2.05, 4.69) is 0 Å². The highest BCUT2D eigenvalue weighted by Gasteiger charge is 2.33. The van der Waals surface area contributed by atoms with Gasteiger partial charge in [-0.2, -0.15) is 0 Å². The number of imide groups is 2. The predicted octanol–water partition coefficient (Wildman–Crippen LogP) is 1.14. The molecule has 0 aromatic heterocycles. The number of urea groups is 1. The first kappa shape index (κ1) is 13.1. The number of nitrogens with one attached hydrogen (secondary N) is 1. The van der Waals surface area contributed by atoms with E-state index in [0.717, 1.165) is 4.90 Å². The summed E-state index contributed by atoms with van der Waals surface area (Å²) in [7, 11) is 1.25. The van der Waals surface area contributed by atoms with Crippen LogP contribution < -0.4 is 5.32 Å². The monoisotopic (exact) mass is 280 g/mol. The molecule has 6 nitrogen and oxygen atoms in total. The topological polar surface area (TPSA) is 86.7 Å². The molecule has 2 rings (SSSR count). The summed E-state index contributed by atoms with van der Waals surface area (Å²) < 4.78 is 0. The van der Waals surface area contributed by atoms with Crippen LogP contribution in [0.1, 0.15) is 5.56 Å². The van der Waals surface area contributed by atoms with Gasteiger partial charge in [0.2, 0.25) is 0 Å². The number of barbiturate groups is 1. The zero-order chi connectivity index (χ0) is 14.2. The molecule has 2 N–H and O–H groups in total. The summed E-state index contributed by atoms with van der Waals surface area (Å²) in [6, 6.07) is 3.43. The van der Waals surface area contributed by atoms with Crippen molar-refractivity contribution in [1.82, 2.24) is 10.2 Å². The Morgan fingerprint density at radius 1 is 1.32 bits per heavy atom. The molecule has 0 spiro atoms. The zero-order valence-electron chi connectivity index (χ0n) is 9.81. The van der Waals surface area contributed by atoms with Crippen molar-refractivity contribution in [2.45, 2.75) is 0 Å². The van der Waals surface area contributed by atoms with Gasteiger partial charge in [-0.25, -0.2) is 4.79 Å². The number of benzene rings is 1. The summed E-state index contributed by atoms with van der Waals surface area (Å²) in [5, 5.41) is 12.0. The third-order valence-electron chi connectivity index (χ3n) is 2.59. The average molecular weight is 281 g/mol. The van der Waals surface area contributed by atoms with E-state index < -0.39 is 17.8 Å². The number of halogens is 1. The summed E-state index contributed by atoms with van der Waals surface area (Å²) in [6.45, 7) is 0. The molecule has 98 valence electrons. The molecular weight excluding hydrogens is 272 g/mol. The van der Waals surface area contributed by atoms with E-state index in [-0.39, 0.29) is 16.9 Å². The molecule has 1 saturated heterocycles. The maximum atomic E-state index is 11.8. The van der Waals surface area contributed by atoms with Gasteiger partial charge in [0.05, 0.1) is 0 Å². The predicted molar refractivity (Wildman–Crippen MR) is 67.4 cm³/mol. The number of carbonyl (C=O) groups is 3. The number of likely N-dealkylation sites (N-methyl/N-ethyl adjacent to an activating group) is 1. The minimum atomic E-state index is -0.813. The van der Waals surface area contributed by atoms with Gasteiger partial charge < -0.3 is 5.11 Å². The third-order valence-corrected chi connectivity index (χ3v) is 2.83. The quantitative estimate of drug-likeness (QED) is 0.596. The fraction of sp³-hybridized carbons (Fsp3) is 0.0833. The smallest absolute Gasteiger partial charge is 0.331 e. The molecule has 0 saturated carbocycles. The summed E-state index contributed by atoms with van der Waals surface area (Å²) in [5.41, 5.74) is -0.0339. The zero-order valence-corrected chi connectivity index (χ0v) is 10.6. The van der Waals surface area contributed by atoms with Crippen LogP contribution >= 0.6 is 11.6 Å². The SMILES string of the molecule is CN1C(=O)NC(=O)/C(=C/c2cc(Cl)ccc2O)C1=O. The first-order valence-corrected chi connectivity index (χ1v) is 5.61. The number of hydrogen-bond donors (Lipinski definition) is 2. The van der Waals surface area contributed by atoms with E-state index in [0.29, 0.717) is 5.02 Å². The molecule has 0 unspecified atom stereocenters. The number of carbonyl (C=O) groups excluding carboxylic acids is 3. The van der Waals surface area contributed by atoms with Crippen molar-refractivity contribution in [2.24, 2.45) is 0 Å². The van der Waals surface area contributed by atoms with Crippen LogP contribution in [0, 0.1) is 0 Å². The van der Waals surface area contributed by atoms with Gasteiger partial charge in [0.25, 0.3) is 11.8 Å². The Bertz CT molecular complexity index is 624. The van der Waals surface area contributed by atoms with Gasteiger partial charge in [-0.05, 0) is 24.3 Å². The average Bonchev–Trinajstić information content (AvgIpc) is 2.36. The molecule has 1 aliphatic heterocycles. The van der Waals surface area contributed by atoms with Crippen molar-refractivity contribution < 1.29 is 19.5 Å². The number of hydrogen-bond acceptors (Lipinski definition) is 4. The molecular formula is C12H9ClN2O4. The maximum Gasteiger partial charge on any atom is 0.331 e. The van der Waals surface area contributed by atoms with E-state index in [1.165, 1.54) is 31.3 Å². The molecule has 4 amide bonds. The lowest BCUT2D eigenvalue weighted by Crippen LogP contribution is -2.52. The molecule has 0 aliphatic carbocycles.